The first kappa shape index (κ1) is 26.1. The van der Waals surface area contributed by atoms with Gasteiger partial charge in [0.2, 0.25) is 0 Å². The molecule has 1 atom stereocenters. The van der Waals surface area contributed by atoms with Gasteiger partial charge in [0.25, 0.3) is 0 Å². The number of halogens is 3. The van der Waals surface area contributed by atoms with E-state index in [4.69, 9.17) is 19.4 Å². The first-order valence-electron chi connectivity index (χ1n) is 10.6. The number of likely N-dealkylation sites (tertiary alicyclic amines) is 1. The summed E-state index contributed by atoms with van der Waals surface area (Å²) in [4.78, 5) is 25.1. The summed E-state index contributed by atoms with van der Waals surface area (Å²) < 4.78 is 42.9. The van der Waals surface area contributed by atoms with Crippen LogP contribution in [0.15, 0.2) is 30.3 Å². The van der Waals surface area contributed by atoms with E-state index in [1.54, 1.807) is 0 Å². The number of carbonyl (C=O) groups excluding carboxylic acids is 1. The Hall–Kier alpha value is -2.17. The van der Waals surface area contributed by atoms with Gasteiger partial charge in [0.05, 0.1) is 25.2 Å². The predicted octanol–water partition coefficient (Wildman–Crippen LogP) is 2.94. The lowest BCUT2D eigenvalue weighted by Crippen LogP contribution is -2.58. The lowest BCUT2D eigenvalue weighted by Gasteiger charge is -2.49. The molecule has 0 aromatic heterocycles. The Balaban J connectivity index is 0.000000451. The van der Waals surface area contributed by atoms with Crippen molar-refractivity contribution in [3.63, 3.8) is 0 Å². The molecular weight excluding hydrogens is 429 g/mol. The number of esters is 1. The average molecular weight is 460 g/mol. The second kappa shape index (κ2) is 11.6. The van der Waals surface area contributed by atoms with E-state index in [1.807, 2.05) is 0 Å². The van der Waals surface area contributed by atoms with Gasteiger partial charge in [0.1, 0.15) is 0 Å². The van der Waals surface area contributed by atoms with Crippen LogP contribution in [0, 0.1) is 0 Å². The second-order valence-electron chi connectivity index (χ2n) is 8.24. The number of carbonyl (C=O) groups is 2. The molecular formula is C22H31F3N2O5. The summed E-state index contributed by atoms with van der Waals surface area (Å²) in [5, 5.41) is 7.12. The molecule has 2 aliphatic rings. The minimum Gasteiger partial charge on any atom is -0.475 e. The van der Waals surface area contributed by atoms with E-state index in [1.165, 1.54) is 12.7 Å². The van der Waals surface area contributed by atoms with Crippen LogP contribution in [-0.4, -0.2) is 84.6 Å². The van der Waals surface area contributed by atoms with Gasteiger partial charge in [0.15, 0.2) is 0 Å². The van der Waals surface area contributed by atoms with Gasteiger partial charge in [-0.05, 0) is 25.3 Å². The Morgan fingerprint density at radius 3 is 2.31 bits per heavy atom. The molecule has 1 unspecified atom stereocenters. The van der Waals surface area contributed by atoms with Crippen molar-refractivity contribution in [2.24, 2.45) is 0 Å². The average Bonchev–Trinajstić information content (AvgIpc) is 2.73. The summed E-state index contributed by atoms with van der Waals surface area (Å²) in [6.45, 7) is 7.92. The number of alkyl halides is 3. The zero-order valence-electron chi connectivity index (χ0n) is 18.4. The van der Waals surface area contributed by atoms with Crippen molar-refractivity contribution in [2.45, 2.75) is 50.6 Å². The number of morpholine rings is 1. The van der Waals surface area contributed by atoms with E-state index in [-0.39, 0.29) is 17.7 Å². The summed E-state index contributed by atoms with van der Waals surface area (Å²) in [5.41, 5.74) is 1.33. The normalized spacial score (nSPS) is 21.5. The van der Waals surface area contributed by atoms with Crippen LogP contribution in [0.1, 0.15) is 31.7 Å². The predicted molar refractivity (Wildman–Crippen MR) is 111 cm³/mol. The fourth-order valence-electron chi connectivity index (χ4n) is 4.11. The first-order chi connectivity index (χ1) is 15.0. The van der Waals surface area contributed by atoms with Crippen LogP contribution in [-0.2, 0) is 25.6 Å². The monoisotopic (exact) mass is 460 g/mol. The summed E-state index contributed by atoms with van der Waals surface area (Å²) in [6.07, 6.45) is -2.28. The molecule has 0 bridgehead atoms. The SMILES string of the molecule is COC(=O)CCN1CCC2(CC1)CN(Cc1ccccc1)CC(C)O2.O=C(O)C(F)(F)F. The molecule has 1 aromatic carbocycles. The van der Waals surface area contributed by atoms with Gasteiger partial charge < -0.3 is 19.5 Å². The molecule has 7 nitrogen and oxygen atoms in total. The molecule has 3 rings (SSSR count). The first-order valence-corrected chi connectivity index (χ1v) is 10.6. The van der Waals surface area contributed by atoms with Crippen LogP contribution in [0.2, 0.25) is 0 Å². The number of hydrogen-bond donors (Lipinski definition) is 1. The Labute approximate surface area is 186 Å². The van der Waals surface area contributed by atoms with Crippen LogP contribution in [0.5, 0.6) is 0 Å². The molecule has 1 aromatic rings. The Bertz CT molecular complexity index is 737. The second-order valence-corrected chi connectivity index (χ2v) is 8.24. The third kappa shape index (κ3) is 8.40. The van der Waals surface area contributed by atoms with Gasteiger partial charge in [-0.3, -0.25) is 9.69 Å². The van der Waals surface area contributed by atoms with E-state index < -0.39 is 12.1 Å². The molecule has 180 valence electrons. The van der Waals surface area contributed by atoms with Crippen LogP contribution in [0.25, 0.3) is 0 Å². The maximum Gasteiger partial charge on any atom is 0.490 e. The van der Waals surface area contributed by atoms with E-state index in [9.17, 15) is 18.0 Å². The highest BCUT2D eigenvalue weighted by atomic mass is 19.4. The fourth-order valence-corrected chi connectivity index (χ4v) is 4.11. The Morgan fingerprint density at radius 2 is 1.78 bits per heavy atom. The fraction of sp³-hybridized carbons (Fsp3) is 0.636. The molecule has 0 amide bonds. The summed E-state index contributed by atoms with van der Waals surface area (Å²) in [5.74, 6) is -2.88. The Morgan fingerprint density at radius 1 is 1.19 bits per heavy atom. The number of ether oxygens (including phenoxy) is 2. The van der Waals surface area contributed by atoms with Crippen LogP contribution < -0.4 is 0 Å². The van der Waals surface area contributed by atoms with Gasteiger partial charge in [-0.15, -0.1) is 0 Å². The van der Waals surface area contributed by atoms with Gasteiger partial charge >= 0.3 is 18.1 Å². The zero-order valence-corrected chi connectivity index (χ0v) is 18.4. The van der Waals surface area contributed by atoms with E-state index in [0.717, 1.165) is 52.1 Å². The molecule has 2 aliphatic heterocycles. The number of aliphatic carboxylic acids is 1. The lowest BCUT2D eigenvalue weighted by molar-refractivity contribution is -0.192. The summed E-state index contributed by atoms with van der Waals surface area (Å²) in [6, 6.07) is 10.7. The minimum atomic E-state index is -5.08. The van der Waals surface area contributed by atoms with Gasteiger partial charge in [-0.2, -0.15) is 13.2 Å². The molecule has 0 aliphatic carbocycles. The maximum atomic E-state index is 11.3. The van der Waals surface area contributed by atoms with Crippen LogP contribution >= 0.6 is 0 Å². The zero-order chi connectivity index (χ0) is 23.8. The summed E-state index contributed by atoms with van der Waals surface area (Å²) in [7, 11) is 1.45. The van der Waals surface area contributed by atoms with Gasteiger partial charge in [-0.25, -0.2) is 4.79 Å². The topological polar surface area (TPSA) is 79.3 Å². The molecule has 2 heterocycles. The van der Waals surface area contributed by atoms with Crippen molar-refractivity contribution in [2.75, 3.05) is 39.8 Å². The number of benzene rings is 1. The molecule has 2 saturated heterocycles. The standard InChI is InChI=1S/C20H30N2O3.C2HF3O2/c1-17-14-22(15-18-6-4-3-5-7-18)16-20(25-17)9-12-21(13-10-20)11-8-19(23)24-2;3-2(4,5)1(6)7/h3-7,17H,8-16H2,1-2H3;(H,6,7). The number of hydrogen-bond acceptors (Lipinski definition) is 6. The number of nitrogens with zero attached hydrogens (tertiary/aromatic N) is 2. The van der Waals surface area contributed by atoms with Crippen molar-refractivity contribution >= 4 is 11.9 Å². The molecule has 0 saturated carbocycles. The highest BCUT2D eigenvalue weighted by Gasteiger charge is 2.41. The van der Waals surface area contributed by atoms with Crippen molar-refractivity contribution < 1.29 is 37.3 Å². The lowest BCUT2D eigenvalue weighted by atomic mass is 9.88. The number of piperidine rings is 1. The molecule has 10 heteroatoms. The molecule has 2 fully saturated rings. The molecule has 1 N–H and O–H groups in total. The van der Waals surface area contributed by atoms with Crippen molar-refractivity contribution in [3.8, 4) is 0 Å². The van der Waals surface area contributed by atoms with E-state index >= 15 is 0 Å². The number of carboxylic acids is 1. The third-order valence-electron chi connectivity index (χ3n) is 5.60. The highest BCUT2D eigenvalue weighted by molar-refractivity contribution is 5.73. The Kier molecular flexibility index (Phi) is 9.47. The maximum absolute atomic E-state index is 11.3. The van der Waals surface area contributed by atoms with E-state index in [2.05, 4.69) is 47.1 Å². The molecule has 32 heavy (non-hydrogen) atoms. The van der Waals surface area contributed by atoms with Crippen molar-refractivity contribution in [1.82, 2.24) is 9.80 Å². The van der Waals surface area contributed by atoms with Crippen molar-refractivity contribution in [1.29, 1.82) is 0 Å². The minimum absolute atomic E-state index is 0.0335. The number of rotatable bonds is 5. The van der Waals surface area contributed by atoms with Crippen LogP contribution in [0.4, 0.5) is 13.2 Å². The largest absolute Gasteiger partial charge is 0.490 e. The number of carboxylic acid groups (broad SMARTS) is 1. The summed E-state index contributed by atoms with van der Waals surface area (Å²) >= 11 is 0. The number of methoxy groups -OCH3 is 1. The molecule has 0 radical (unpaired) electrons. The van der Waals surface area contributed by atoms with Crippen molar-refractivity contribution in [3.05, 3.63) is 35.9 Å². The van der Waals surface area contributed by atoms with Gasteiger partial charge in [-0.1, -0.05) is 30.3 Å². The van der Waals surface area contributed by atoms with Gasteiger partial charge in [0, 0.05) is 39.3 Å². The smallest absolute Gasteiger partial charge is 0.475 e. The van der Waals surface area contributed by atoms with Crippen LogP contribution in [0.3, 0.4) is 0 Å². The highest BCUT2D eigenvalue weighted by Crippen LogP contribution is 2.33. The quantitative estimate of drug-likeness (QED) is 0.677. The van der Waals surface area contributed by atoms with E-state index in [0.29, 0.717) is 6.42 Å². The third-order valence-corrected chi connectivity index (χ3v) is 5.60. The molecule has 1 spiro atoms.